The topological polar surface area (TPSA) is 43.4 Å². The normalized spacial score (nSPS) is 11.9. The molecule has 0 aliphatic rings. The van der Waals surface area contributed by atoms with Crippen molar-refractivity contribution >= 4 is 11.8 Å². The van der Waals surface area contributed by atoms with Gasteiger partial charge in [-0.25, -0.2) is 0 Å². The number of esters is 1. The van der Waals surface area contributed by atoms with Gasteiger partial charge in [0.2, 0.25) is 0 Å². The highest BCUT2D eigenvalue weighted by Crippen LogP contribution is 2.17. The first-order valence-corrected chi connectivity index (χ1v) is 6.46. The summed E-state index contributed by atoms with van der Waals surface area (Å²) in [6, 6.07) is 8.92. The monoisotopic (exact) mass is 248 g/mol. The predicted molar refractivity (Wildman–Crippen MR) is 70.4 cm³/mol. The molecule has 3 heteroatoms. The molecule has 0 aliphatic heterocycles. The second-order valence-electron chi connectivity index (χ2n) is 4.18. The second-order valence-corrected chi connectivity index (χ2v) is 4.18. The summed E-state index contributed by atoms with van der Waals surface area (Å²) in [5.74, 6) is -1.20. The Bertz CT molecular complexity index is 384. The van der Waals surface area contributed by atoms with Crippen molar-refractivity contribution in [2.75, 3.05) is 6.61 Å². The molecule has 0 fully saturated rings. The largest absolute Gasteiger partial charge is 0.465 e. The fourth-order valence-corrected chi connectivity index (χ4v) is 1.81. The molecule has 0 radical (unpaired) electrons. The van der Waals surface area contributed by atoms with Gasteiger partial charge in [0.15, 0.2) is 5.78 Å². The van der Waals surface area contributed by atoms with Gasteiger partial charge >= 0.3 is 5.97 Å². The maximum Gasteiger partial charge on any atom is 0.316 e. The molecule has 0 saturated heterocycles. The van der Waals surface area contributed by atoms with Crippen LogP contribution in [0, 0.1) is 5.92 Å². The standard InChI is InChI=1S/C15H20O3/c1-3-5-11-13(15(17)18-4-2)14(16)12-9-7-6-8-10-12/h6-10,13H,3-5,11H2,1-2H3/t13-/m1/s1. The minimum atomic E-state index is -0.660. The number of ketones is 1. The molecule has 0 amide bonds. The smallest absolute Gasteiger partial charge is 0.316 e. The molecule has 0 aliphatic carbocycles. The van der Waals surface area contributed by atoms with Gasteiger partial charge in [-0.3, -0.25) is 9.59 Å². The van der Waals surface area contributed by atoms with Crippen molar-refractivity contribution in [1.29, 1.82) is 0 Å². The fraction of sp³-hybridized carbons (Fsp3) is 0.467. The number of carbonyl (C=O) groups excluding carboxylic acids is 2. The Morgan fingerprint density at radius 3 is 2.39 bits per heavy atom. The minimum absolute atomic E-state index is 0.137. The summed E-state index contributed by atoms with van der Waals surface area (Å²) in [7, 11) is 0. The lowest BCUT2D eigenvalue weighted by atomic mass is 9.93. The van der Waals surface area contributed by atoms with Crippen LogP contribution in [0.25, 0.3) is 0 Å². The molecule has 0 saturated carbocycles. The van der Waals surface area contributed by atoms with Crippen LogP contribution in [0.4, 0.5) is 0 Å². The van der Waals surface area contributed by atoms with E-state index in [2.05, 4.69) is 0 Å². The van der Waals surface area contributed by atoms with Crippen LogP contribution in [-0.2, 0) is 9.53 Å². The molecule has 1 aromatic rings. The van der Waals surface area contributed by atoms with E-state index in [0.717, 1.165) is 12.8 Å². The Labute approximate surface area is 108 Å². The molecule has 1 aromatic carbocycles. The molecule has 0 spiro atoms. The molecule has 0 bridgehead atoms. The number of unbranched alkanes of at least 4 members (excludes halogenated alkanes) is 1. The highest BCUT2D eigenvalue weighted by atomic mass is 16.5. The Morgan fingerprint density at radius 2 is 1.83 bits per heavy atom. The zero-order valence-electron chi connectivity index (χ0n) is 11.0. The van der Waals surface area contributed by atoms with Crippen LogP contribution in [-0.4, -0.2) is 18.4 Å². The first kappa shape index (κ1) is 14.4. The Morgan fingerprint density at radius 1 is 1.17 bits per heavy atom. The summed E-state index contributed by atoms with van der Waals surface area (Å²) in [6.07, 6.45) is 2.36. The molecular formula is C15H20O3. The average Bonchev–Trinajstić information content (AvgIpc) is 2.40. The van der Waals surface area contributed by atoms with E-state index in [1.165, 1.54) is 0 Å². The van der Waals surface area contributed by atoms with Crippen molar-refractivity contribution in [3.8, 4) is 0 Å². The second kappa shape index (κ2) is 7.64. The molecular weight excluding hydrogens is 228 g/mol. The zero-order valence-corrected chi connectivity index (χ0v) is 11.0. The van der Waals surface area contributed by atoms with Crippen molar-refractivity contribution in [2.45, 2.75) is 33.1 Å². The number of Topliss-reactive ketones (excluding diaryl/α,β-unsaturated/α-hetero) is 1. The minimum Gasteiger partial charge on any atom is -0.465 e. The lowest BCUT2D eigenvalue weighted by Crippen LogP contribution is -2.26. The third-order valence-electron chi connectivity index (χ3n) is 2.79. The highest BCUT2D eigenvalue weighted by molar-refractivity contribution is 6.08. The van der Waals surface area contributed by atoms with Gasteiger partial charge in [-0.2, -0.15) is 0 Å². The van der Waals surface area contributed by atoms with Gasteiger partial charge in [-0.1, -0.05) is 50.1 Å². The SMILES string of the molecule is CCCC[C@@H](C(=O)OCC)C(=O)c1ccccc1. The van der Waals surface area contributed by atoms with Crippen molar-refractivity contribution < 1.29 is 14.3 Å². The quantitative estimate of drug-likeness (QED) is 0.422. The molecule has 18 heavy (non-hydrogen) atoms. The molecule has 0 N–H and O–H groups in total. The number of ether oxygens (including phenoxy) is 1. The first-order valence-electron chi connectivity index (χ1n) is 6.46. The molecule has 1 atom stereocenters. The summed E-state index contributed by atoms with van der Waals surface area (Å²) >= 11 is 0. The van der Waals surface area contributed by atoms with Gasteiger partial charge in [-0.15, -0.1) is 0 Å². The van der Waals surface area contributed by atoms with Gasteiger partial charge in [0.1, 0.15) is 5.92 Å². The zero-order chi connectivity index (χ0) is 13.4. The number of hydrogen-bond acceptors (Lipinski definition) is 3. The number of carbonyl (C=O) groups is 2. The summed E-state index contributed by atoms with van der Waals surface area (Å²) in [6.45, 7) is 4.10. The van der Waals surface area contributed by atoms with Crippen LogP contribution in [0.2, 0.25) is 0 Å². The highest BCUT2D eigenvalue weighted by Gasteiger charge is 2.27. The first-order chi connectivity index (χ1) is 8.70. The maximum atomic E-state index is 12.3. The van der Waals surface area contributed by atoms with E-state index in [1.54, 1.807) is 31.2 Å². The molecule has 1 rings (SSSR count). The van der Waals surface area contributed by atoms with E-state index < -0.39 is 11.9 Å². The van der Waals surface area contributed by atoms with Gasteiger partial charge in [0.25, 0.3) is 0 Å². The Hall–Kier alpha value is -1.64. The van der Waals surface area contributed by atoms with Crippen molar-refractivity contribution in [3.05, 3.63) is 35.9 Å². The van der Waals surface area contributed by atoms with E-state index in [1.807, 2.05) is 13.0 Å². The number of rotatable bonds is 7. The predicted octanol–water partition coefficient (Wildman–Crippen LogP) is 3.24. The van der Waals surface area contributed by atoms with Crippen molar-refractivity contribution in [2.24, 2.45) is 5.92 Å². The average molecular weight is 248 g/mol. The molecule has 98 valence electrons. The summed E-state index contributed by atoms with van der Waals surface area (Å²) < 4.78 is 4.98. The lowest BCUT2D eigenvalue weighted by Gasteiger charge is -2.14. The molecule has 0 unspecified atom stereocenters. The van der Waals surface area contributed by atoms with Crippen molar-refractivity contribution in [3.63, 3.8) is 0 Å². The number of hydrogen-bond donors (Lipinski definition) is 0. The summed E-state index contributed by atoms with van der Waals surface area (Å²) in [5.41, 5.74) is 0.576. The van der Waals surface area contributed by atoms with Crippen LogP contribution in [0.15, 0.2) is 30.3 Å². The third kappa shape index (κ3) is 3.99. The van der Waals surface area contributed by atoms with Gasteiger partial charge in [-0.05, 0) is 13.3 Å². The van der Waals surface area contributed by atoms with E-state index in [0.29, 0.717) is 18.6 Å². The van der Waals surface area contributed by atoms with Gasteiger partial charge in [0.05, 0.1) is 6.61 Å². The fourth-order valence-electron chi connectivity index (χ4n) is 1.81. The molecule has 3 nitrogen and oxygen atoms in total. The maximum absolute atomic E-state index is 12.3. The van der Waals surface area contributed by atoms with E-state index in [-0.39, 0.29) is 5.78 Å². The summed E-state index contributed by atoms with van der Waals surface area (Å²) in [5, 5.41) is 0. The summed E-state index contributed by atoms with van der Waals surface area (Å²) in [4.78, 5) is 24.1. The Kier molecular flexibility index (Phi) is 6.12. The van der Waals surface area contributed by atoms with Crippen molar-refractivity contribution in [1.82, 2.24) is 0 Å². The van der Waals surface area contributed by atoms with Crippen LogP contribution in [0.3, 0.4) is 0 Å². The van der Waals surface area contributed by atoms with E-state index in [9.17, 15) is 9.59 Å². The third-order valence-corrected chi connectivity index (χ3v) is 2.79. The van der Waals surface area contributed by atoms with E-state index in [4.69, 9.17) is 4.74 Å². The van der Waals surface area contributed by atoms with Gasteiger partial charge < -0.3 is 4.74 Å². The molecule has 0 heterocycles. The van der Waals surface area contributed by atoms with E-state index >= 15 is 0 Å². The lowest BCUT2D eigenvalue weighted by molar-refractivity contribution is -0.146. The number of benzene rings is 1. The van der Waals surface area contributed by atoms with Crippen LogP contribution in [0.1, 0.15) is 43.5 Å². The van der Waals surface area contributed by atoms with Crippen LogP contribution in [0.5, 0.6) is 0 Å². The van der Waals surface area contributed by atoms with Gasteiger partial charge in [0, 0.05) is 5.56 Å². The molecule has 0 aromatic heterocycles. The van der Waals surface area contributed by atoms with Crippen LogP contribution < -0.4 is 0 Å². The van der Waals surface area contributed by atoms with Crippen LogP contribution >= 0.6 is 0 Å². The Balaban J connectivity index is 2.82.